The molecule has 0 bridgehead atoms. The van der Waals surface area contributed by atoms with E-state index in [0.29, 0.717) is 0 Å². The summed E-state index contributed by atoms with van der Waals surface area (Å²) < 4.78 is 0. The van der Waals surface area contributed by atoms with E-state index >= 15 is 0 Å². The zero-order chi connectivity index (χ0) is 52.3. The first-order chi connectivity index (χ1) is 38.2. The lowest BCUT2D eigenvalue weighted by atomic mass is 9.73. The van der Waals surface area contributed by atoms with Gasteiger partial charge in [0.1, 0.15) is 0 Å². The molecule has 0 unspecified atom stereocenters. The normalized spacial score (nSPS) is 14.1. The van der Waals surface area contributed by atoms with Crippen LogP contribution in [0.15, 0.2) is 267 Å². The standard InChI is InChI=1S/C76H56N2/c1-75(2)65-27-9-13-31-69(65)77(70-32-14-10-28-66(70)75)55-43-45-61-63(47-55)73(53-39-35-51(36-40-53)59-25-17-21-49-19-5-7-23-57(49)59)62-46-44-56(78-71-33-15-11-29-67(71)76(3,4)68-30-12-16-34-72(68)78)48-64(62)74(61)54-41-37-52(38-42-54)60-26-18-22-50-20-6-8-24-58(50)60/h5-48H,1-4H3. The van der Waals surface area contributed by atoms with Crippen LogP contribution in [0.5, 0.6) is 0 Å². The summed E-state index contributed by atoms with van der Waals surface area (Å²) in [6, 6.07) is 99.9. The van der Waals surface area contributed by atoms with Crippen LogP contribution in [0.2, 0.25) is 0 Å². The number of rotatable bonds is 6. The van der Waals surface area contributed by atoms with Gasteiger partial charge in [0.05, 0.1) is 22.7 Å². The molecule has 0 aliphatic carbocycles. The SMILES string of the molecule is CC1(C)c2ccccc2N(c2ccc3c(-c4ccc(-c5cccc6ccccc56)cc4)c4cc(N5c6ccccc6C(C)(C)c6ccccc65)ccc4c(-c4ccc(-c5cccc6ccccc56)cc4)c3c2)c2ccccc21. The van der Waals surface area contributed by atoms with Crippen LogP contribution in [0, 0.1) is 0 Å². The minimum Gasteiger partial charge on any atom is -0.310 e. The van der Waals surface area contributed by atoms with Crippen molar-refractivity contribution in [1.82, 2.24) is 0 Å². The van der Waals surface area contributed by atoms with E-state index in [4.69, 9.17) is 0 Å². The Hall–Kier alpha value is -9.50. The molecular formula is C76H56N2. The van der Waals surface area contributed by atoms with Crippen molar-refractivity contribution in [2.24, 2.45) is 0 Å². The summed E-state index contributed by atoms with van der Waals surface area (Å²) >= 11 is 0. The fraction of sp³-hybridized carbons (Fsp3) is 0.0789. The molecule has 0 spiro atoms. The summed E-state index contributed by atoms with van der Waals surface area (Å²) in [5.74, 6) is 0. The second-order valence-corrected chi connectivity index (χ2v) is 22.4. The topological polar surface area (TPSA) is 6.48 Å². The minimum atomic E-state index is -0.179. The van der Waals surface area contributed by atoms with Crippen molar-refractivity contribution >= 4 is 77.2 Å². The Balaban J connectivity index is 1.02. The van der Waals surface area contributed by atoms with Gasteiger partial charge in [-0.3, -0.25) is 0 Å². The summed E-state index contributed by atoms with van der Waals surface area (Å²) in [6.45, 7) is 9.45. The van der Waals surface area contributed by atoms with Gasteiger partial charge in [0, 0.05) is 22.2 Å². The third-order valence-corrected chi connectivity index (χ3v) is 17.4. The Morgan fingerprint density at radius 1 is 0.244 bits per heavy atom. The van der Waals surface area contributed by atoms with Crippen molar-refractivity contribution in [3.05, 3.63) is 289 Å². The van der Waals surface area contributed by atoms with E-state index < -0.39 is 0 Å². The Kier molecular flexibility index (Phi) is 10.3. The quantitative estimate of drug-likeness (QED) is 0.153. The molecule has 2 aliphatic rings. The zero-order valence-corrected chi connectivity index (χ0v) is 44.3. The number of nitrogens with zero attached hydrogens (tertiary/aromatic N) is 2. The predicted molar refractivity (Wildman–Crippen MR) is 332 cm³/mol. The third-order valence-electron chi connectivity index (χ3n) is 17.4. The van der Waals surface area contributed by atoms with Gasteiger partial charge in [-0.2, -0.15) is 0 Å². The van der Waals surface area contributed by atoms with Gasteiger partial charge in [-0.25, -0.2) is 0 Å². The number of anilines is 6. The summed E-state index contributed by atoms with van der Waals surface area (Å²) in [4.78, 5) is 5.00. The molecule has 2 nitrogen and oxygen atoms in total. The molecule has 0 saturated carbocycles. The van der Waals surface area contributed by atoms with Gasteiger partial charge in [-0.1, -0.05) is 246 Å². The summed E-state index contributed by atoms with van der Waals surface area (Å²) in [6.07, 6.45) is 0. The lowest BCUT2D eigenvalue weighted by Crippen LogP contribution is -2.30. The highest BCUT2D eigenvalue weighted by molar-refractivity contribution is 6.23. The fourth-order valence-electron chi connectivity index (χ4n) is 13.6. The predicted octanol–water partition coefficient (Wildman–Crippen LogP) is 21.2. The smallest absolute Gasteiger partial charge is 0.0502 e. The van der Waals surface area contributed by atoms with Crippen molar-refractivity contribution in [2.75, 3.05) is 9.80 Å². The Morgan fingerprint density at radius 3 is 0.923 bits per heavy atom. The molecule has 2 aliphatic heterocycles. The summed E-state index contributed by atoms with van der Waals surface area (Å²) in [5.41, 5.74) is 21.6. The highest BCUT2D eigenvalue weighted by Gasteiger charge is 2.38. The average molecular weight is 997 g/mol. The number of benzene rings is 13. The first kappa shape index (κ1) is 45.9. The molecule has 15 rings (SSSR count). The van der Waals surface area contributed by atoms with Gasteiger partial charge in [-0.15, -0.1) is 0 Å². The first-order valence-electron chi connectivity index (χ1n) is 27.4. The van der Waals surface area contributed by atoms with Gasteiger partial charge < -0.3 is 9.80 Å². The summed E-state index contributed by atoms with van der Waals surface area (Å²) in [5, 5.41) is 9.81. The van der Waals surface area contributed by atoms with Crippen molar-refractivity contribution < 1.29 is 0 Å². The van der Waals surface area contributed by atoms with Crippen LogP contribution >= 0.6 is 0 Å². The highest BCUT2D eigenvalue weighted by atomic mass is 15.2. The fourth-order valence-corrected chi connectivity index (χ4v) is 13.6. The lowest BCUT2D eigenvalue weighted by Gasteiger charge is -2.42. The van der Waals surface area contributed by atoms with E-state index in [0.717, 1.165) is 11.4 Å². The monoisotopic (exact) mass is 996 g/mol. The van der Waals surface area contributed by atoms with Gasteiger partial charge in [0.2, 0.25) is 0 Å². The van der Waals surface area contributed by atoms with Gasteiger partial charge in [0.15, 0.2) is 0 Å². The number of fused-ring (bicyclic) bond motifs is 8. The van der Waals surface area contributed by atoms with Crippen LogP contribution in [0.1, 0.15) is 49.9 Å². The molecule has 0 fully saturated rings. The second-order valence-electron chi connectivity index (χ2n) is 22.4. The molecule has 13 aromatic carbocycles. The lowest BCUT2D eigenvalue weighted by molar-refractivity contribution is 0.632. The molecular weight excluding hydrogens is 941 g/mol. The number of hydrogen-bond acceptors (Lipinski definition) is 2. The van der Waals surface area contributed by atoms with Crippen LogP contribution in [0.4, 0.5) is 34.1 Å². The third kappa shape index (κ3) is 6.96. The largest absolute Gasteiger partial charge is 0.310 e. The van der Waals surface area contributed by atoms with Crippen LogP contribution in [0.3, 0.4) is 0 Å². The average Bonchev–Trinajstić information content (AvgIpc) is 3.64. The van der Waals surface area contributed by atoms with E-state index in [1.165, 1.54) is 133 Å². The molecule has 13 aromatic rings. The zero-order valence-electron chi connectivity index (χ0n) is 44.3. The Labute approximate surface area is 456 Å². The number of hydrogen-bond donors (Lipinski definition) is 0. The molecule has 2 heterocycles. The first-order valence-corrected chi connectivity index (χ1v) is 27.4. The van der Waals surface area contributed by atoms with Crippen molar-refractivity contribution in [3.8, 4) is 44.5 Å². The molecule has 0 N–H and O–H groups in total. The van der Waals surface area contributed by atoms with Gasteiger partial charge in [0.25, 0.3) is 0 Å². The number of para-hydroxylation sites is 4. The molecule has 0 radical (unpaired) electrons. The Morgan fingerprint density at radius 2 is 0.551 bits per heavy atom. The van der Waals surface area contributed by atoms with E-state index in [1.807, 2.05) is 0 Å². The minimum absolute atomic E-state index is 0.179. The Bertz CT molecular complexity index is 4160. The van der Waals surface area contributed by atoms with Gasteiger partial charge in [-0.05, 0) is 158 Å². The highest BCUT2D eigenvalue weighted by Crippen LogP contribution is 2.56. The molecule has 0 amide bonds. The molecule has 78 heavy (non-hydrogen) atoms. The van der Waals surface area contributed by atoms with Crippen molar-refractivity contribution in [1.29, 1.82) is 0 Å². The van der Waals surface area contributed by atoms with E-state index in [2.05, 4.69) is 304 Å². The van der Waals surface area contributed by atoms with Crippen LogP contribution < -0.4 is 9.80 Å². The maximum absolute atomic E-state index is 2.50. The van der Waals surface area contributed by atoms with E-state index in [-0.39, 0.29) is 10.8 Å². The molecule has 0 aromatic heterocycles. The van der Waals surface area contributed by atoms with Crippen LogP contribution in [-0.2, 0) is 10.8 Å². The molecule has 0 atom stereocenters. The molecule has 0 saturated heterocycles. The van der Waals surface area contributed by atoms with E-state index in [1.54, 1.807) is 0 Å². The second kappa shape index (κ2) is 17.5. The summed E-state index contributed by atoms with van der Waals surface area (Å²) in [7, 11) is 0. The van der Waals surface area contributed by atoms with Crippen molar-refractivity contribution in [3.63, 3.8) is 0 Å². The maximum atomic E-state index is 2.50. The molecule has 2 heteroatoms. The van der Waals surface area contributed by atoms with Gasteiger partial charge >= 0.3 is 0 Å². The van der Waals surface area contributed by atoms with Crippen molar-refractivity contribution in [2.45, 2.75) is 38.5 Å². The van der Waals surface area contributed by atoms with Crippen LogP contribution in [0.25, 0.3) is 87.6 Å². The molecule has 370 valence electrons. The maximum Gasteiger partial charge on any atom is 0.0502 e. The van der Waals surface area contributed by atoms with Crippen LogP contribution in [-0.4, -0.2) is 0 Å². The van der Waals surface area contributed by atoms with E-state index in [9.17, 15) is 0 Å².